The maximum absolute atomic E-state index is 12.5. The van der Waals surface area contributed by atoms with E-state index in [0.29, 0.717) is 44.7 Å². The fourth-order valence-corrected chi connectivity index (χ4v) is 3.12. The number of benzene rings is 2. The van der Waals surface area contributed by atoms with Gasteiger partial charge >= 0.3 is 0 Å². The van der Waals surface area contributed by atoms with Gasteiger partial charge in [-0.3, -0.25) is 9.59 Å². The molecule has 5 nitrogen and oxygen atoms in total. The third-order valence-electron chi connectivity index (χ3n) is 4.80. The van der Waals surface area contributed by atoms with Crippen molar-refractivity contribution in [2.75, 3.05) is 31.9 Å². The predicted molar refractivity (Wildman–Crippen MR) is 110 cm³/mol. The molecule has 0 aliphatic carbocycles. The van der Waals surface area contributed by atoms with E-state index in [1.54, 1.807) is 0 Å². The molecule has 0 radical (unpaired) electrons. The minimum absolute atomic E-state index is 0. The van der Waals surface area contributed by atoms with Crippen LogP contribution in [0.3, 0.4) is 0 Å². The summed E-state index contributed by atoms with van der Waals surface area (Å²) in [5.41, 5.74) is 9.55. The summed E-state index contributed by atoms with van der Waals surface area (Å²) in [6, 6.07) is 15.4. The summed E-state index contributed by atoms with van der Waals surface area (Å²) in [4.78, 5) is 28.6. The first-order valence-electron chi connectivity index (χ1n) is 8.97. The van der Waals surface area contributed by atoms with Crippen LogP contribution in [0.5, 0.6) is 0 Å². The number of halogens is 1. The Morgan fingerprint density at radius 1 is 0.778 bits per heavy atom. The molecule has 1 aliphatic heterocycles. The monoisotopic (exact) mass is 387 g/mol. The number of rotatable bonds is 4. The van der Waals surface area contributed by atoms with E-state index in [1.165, 1.54) is 5.56 Å². The normalized spacial score (nSPS) is 13.8. The summed E-state index contributed by atoms with van der Waals surface area (Å²) < 4.78 is 0. The van der Waals surface area contributed by atoms with Crippen LogP contribution in [0, 0.1) is 6.92 Å². The molecule has 144 valence electrons. The molecule has 3 rings (SSSR count). The summed E-state index contributed by atoms with van der Waals surface area (Å²) in [5.74, 6) is 0.222. The van der Waals surface area contributed by atoms with Crippen LogP contribution in [0.2, 0.25) is 0 Å². The van der Waals surface area contributed by atoms with Crippen LogP contribution in [0.4, 0.5) is 5.69 Å². The van der Waals surface area contributed by atoms with Crippen LogP contribution in [0.1, 0.15) is 16.7 Å². The van der Waals surface area contributed by atoms with Gasteiger partial charge in [0.15, 0.2) is 0 Å². The molecule has 1 saturated heterocycles. The van der Waals surface area contributed by atoms with Gasteiger partial charge in [0.05, 0.1) is 12.8 Å². The van der Waals surface area contributed by atoms with Crippen molar-refractivity contribution in [1.82, 2.24) is 9.80 Å². The first-order chi connectivity index (χ1) is 12.5. The fraction of sp³-hybridized carbons (Fsp3) is 0.333. The Labute approximate surface area is 166 Å². The standard InChI is InChI=1S/C21H25N3O2.ClH/c1-16-2-4-17(5-3-16)14-20(25)23-10-12-24(13-11-23)21(26)15-18-6-8-19(22)9-7-18;/h2-9H,10-15,22H2,1H3;1H. The zero-order valence-corrected chi connectivity index (χ0v) is 16.4. The van der Waals surface area contributed by atoms with Crippen molar-refractivity contribution in [1.29, 1.82) is 0 Å². The largest absolute Gasteiger partial charge is 0.399 e. The molecular weight excluding hydrogens is 362 g/mol. The van der Waals surface area contributed by atoms with Gasteiger partial charge in [-0.05, 0) is 30.2 Å². The smallest absolute Gasteiger partial charge is 0.227 e. The van der Waals surface area contributed by atoms with Crippen molar-refractivity contribution in [2.24, 2.45) is 0 Å². The highest BCUT2D eigenvalue weighted by atomic mass is 35.5. The number of piperazine rings is 1. The third kappa shape index (κ3) is 5.73. The summed E-state index contributed by atoms with van der Waals surface area (Å²) in [5, 5.41) is 0. The topological polar surface area (TPSA) is 66.6 Å². The number of aryl methyl sites for hydroxylation is 1. The van der Waals surface area contributed by atoms with E-state index in [-0.39, 0.29) is 24.2 Å². The van der Waals surface area contributed by atoms with Crippen LogP contribution in [-0.4, -0.2) is 47.8 Å². The van der Waals surface area contributed by atoms with Crippen molar-refractivity contribution in [3.05, 3.63) is 65.2 Å². The summed E-state index contributed by atoms with van der Waals surface area (Å²) >= 11 is 0. The molecular formula is C21H26ClN3O2. The number of hydrogen-bond donors (Lipinski definition) is 1. The van der Waals surface area contributed by atoms with E-state index < -0.39 is 0 Å². The quantitative estimate of drug-likeness (QED) is 0.819. The molecule has 2 aromatic rings. The zero-order valence-electron chi connectivity index (χ0n) is 15.6. The Balaban J connectivity index is 0.00000261. The van der Waals surface area contributed by atoms with Crippen LogP contribution in [0.25, 0.3) is 0 Å². The maximum Gasteiger partial charge on any atom is 0.227 e. The summed E-state index contributed by atoms with van der Waals surface area (Å²) in [6.07, 6.45) is 0.789. The van der Waals surface area contributed by atoms with Gasteiger partial charge in [-0.15, -0.1) is 12.4 Å². The highest BCUT2D eigenvalue weighted by molar-refractivity contribution is 5.85. The summed E-state index contributed by atoms with van der Waals surface area (Å²) in [7, 11) is 0. The Hall–Kier alpha value is -2.53. The number of amides is 2. The lowest BCUT2D eigenvalue weighted by Gasteiger charge is -2.35. The number of hydrogen-bond acceptors (Lipinski definition) is 3. The molecule has 2 aromatic carbocycles. The van der Waals surface area contributed by atoms with E-state index in [0.717, 1.165) is 11.1 Å². The van der Waals surface area contributed by atoms with Gasteiger partial charge in [0, 0.05) is 31.9 Å². The molecule has 1 fully saturated rings. The lowest BCUT2D eigenvalue weighted by molar-refractivity contribution is -0.138. The Bertz CT molecular complexity index is 700. The van der Waals surface area contributed by atoms with E-state index in [9.17, 15) is 9.59 Å². The SMILES string of the molecule is Cc1ccc(CC(=O)N2CCN(C(=O)Cc3ccc(N)cc3)CC2)cc1.Cl. The molecule has 0 atom stereocenters. The molecule has 0 bridgehead atoms. The molecule has 6 heteroatoms. The van der Waals surface area contributed by atoms with E-state index in [4.69, 9.17) is 5.73 Å². The molecule has 2 amide bonds. The molecule has 27 heavy (non-hydrogen) atoms. The van der Waals surface area contributed by atoms with Crippen molar-refractivity contribution in [3.8, 4) is 0 Å². The number of nitrogens with two attached hydrogens (primary N) is 1. The van der Waals surface area contributed by atoms with E-state index in [1.807, 2.05) is 65.3 Å². The number of nitrogen functional groups attached to an aromatic ring is 1. The van der Waals surface area contributed by atoms with Crippen LogP contribution in [-0.2, 0) is 22.4 Å². The van der Waals surface area contributed by atoms with Gasteiger partial charge < -0.3 is 15.5 Å². The number of carbonyl (C=O) groups is 2. The zero-order chi connectivity index (χ0) is 18.5. The average molecular weight is 388 g/mol. The van der Waals surface area contributed by atoms with Gasteiger partial charge in [0.25, 0.3) is 0 Å². The van der Waals surface area contributed by atoms with E-state index in [2.05, 4.69) is 0 Å². The van der Waals surface area contributed by atoms with Crippen LogP contribution >= 0.6 is 12.4 Å². The van der Waals surface area contributed by atoms with Gasteiger partial charge in [-0.25, -0.2) is 0 Å². The first kappa shape index (κ1) is 20.8. The lowest BCUT2D eigenvalue weighted by Crippen LogP contribution is -2.51. The van der Waals surface area contributed by atoms with Crippen molar-refractivity contribution >= 4 is 29.9 Å². The van der Waals surface area contributed by atoms with Crippen LogP contribution in [0.15, 0.2) is 48.5 Å². The second-order valence-electron chi connectivity index (χ2n) is 6.84. The second kappa shape index (κ2) is 9.42. The molecule has 1 aliphatic rings. The highest BCUT2D eigenvalue weighted by Gasteiger charge is 2.24. The maximum atomic E-state index is 12.5. The van der Waals surface area contributed by atoms with Crippen molar-refractivity contribution in [3.63, 3.8) is 0 Å². The number of carbonyl (C=O) groups excluding carboxylic acids is 2. The predicted octanol–water partition coefficient (Wildman–Crippen LogP) is 2.46. The lowest BCUT2D eigenvalue weighted by atomic mass is 10.1. The van der Waals surface area contributed by atoms with Gasteiger partial charge in [-0.2, -0.15) is 0 Å². The first-order valence-corrected chi connectivity index (χ1v) is 8.97. The highest BCUT2D eigenvalue weighted by Crippen LogP contribution is 2.11. The fourth-order valence-electron chi connectivity index (χ4n) is 3.12. The van der Waals surface area contributed by atoms with Crippen molar-refractivity contribution in [2.45, 2.75) is 19.8 Å². The molecule has 1 heterocycles. The number of anilines is 1. The molecule has 0 unspecified atom stereocenters. The van der Waals surface area contributed by atoms with E-state index >= 15 is 0 Å². The summed E-state index contributed by atoms with van der Waals surface area (Å²) in [6.45, 7) is 4.41. The Morgan fingerprint density at radius 2 is 1.15 bits per heavy atom. The molecule has 2 N–H and O–H groups in total. The Morgan fingerprint density at radius 3 is 1.56 bits per heavy atom. The Kier molecular flexibility index (Phi) is 7.25. The second-order valence-corrected chi connectivity index (χ2v) is 6.84. The molecule has 0 saturated carbocycles. The van der Waals surface area contributed by atoms with Gasteiger partial charge in [-0.1, -0.05) is 42.0 Å². The third-order valence-corrected chi connectivity index (χ3v) is 4.80. The minimum Gasteiger partial charge on any atom is -0.399 e. The van der Waals surface area contributed by atoms with Gasteiger partial charge in [0.2, 0.25) is 11.8 Å². The van der Waals surface area contributed by atoms with Gasteiger partial charge in [0.1, 0.15) is 0 Å². The molecule has 0 aromatic heterocycles. The average Bonchev–Trinajstić information content (AvgIpc) is 2.65. The van der Waals surface area contributed by atoms with Crippen LogP contribution < -0.4 is 5.73 Å². The molecule has 0 spiro atoms. The number of nitrogens with zero attached hydrogens (tertiary/aromatic N) is 2. The van der Waals surface area contributed by atoms with Crippen molar-refractivity contribution < 1.29 is 9.59 Å². The minimum atomic E-state index is 0.